The lowest BCUT2D eigenvalue weighted by Crippen LogP contribution is -2.50. The second-order valence-electron chi connectivity index (χ2n) is 3.35. The van der Waals surface area contributed by atoms with E-state index in [2.05, 4.69) is 0 Å². The summed E-state index contributed by atoms with van der Waals surface area (Å²) in [5.41, 5.74) is 2.44. The van der Waals surface area contributed by atoms with Crippen molar-refractivity contribution in [2.24, 2.45) is 0 Å². The fourth-order valence-electron chi connectivity index (χ4n) is 1.41. The Hall–Kier alpha value is -0.580. The lowest BCUT2D eigenvalue weighted by Gasteiger charge is -2.32. The molecule has 80 valence electrons. The maximum Gasteiger partial charge on any atom is 0.323 e. The van der Waals surface area contributed by atoms with Gasteiger partial charge in [-0.25, -0.2) is 0 Å². The summed E-state index contributed by atoms with van der Waals surface area (Å²) in [7, 11) is 0. The number of aliphatic carboxylic acids is 1. The van der Waals surface area contributed by atoms with Crippen molar-refractivity contribution < 1.29 is 14.6 Å². The summed E-state index contributed by atoms with van der Waals surface area (Å²) < 4.78 is 5.11. The number of hydrogen-bond donors (Lipinski definition) is 1. The fourth-order valence-corrected chi connectivity index (χ4v) is 1.48. The van der Waals surface area contributed by atoms with Gasteiger partial charge >= 0.3 is 5.97 Å². The van der Waals surface area contributed by atoms with Gasteiger partial charge in [-0.3, -0.25) is 9.69 Å². The first-order chi connectivity index (χ1) is 6.65. The molecule has 0 aliphatic carbocycles. The Bertz CT molecular complexity index is 242. The zero-order valence-electron chi connectivity index (χ0n) is 8.07. The van der Waals surface area contributed by atoms with Crippen LogP contribution in [0.3, 0.4) is 0 Å². The van der Waals surface area contributed by atoms with Crippen molar-refractivity contribution in [2.75, 3.05) is 26.3 Å². The molecule has 0 spiro atoms. The predicted molar refractivity (Wildman–Crippen MR) is 53.4 cm³/mol. The third-order valence-electron chi connectivity index (χ3n) is 2.16. The van der Waals surface area contributed by atoms with Crippen molar-refractivity contribution in [3.05, 3.63) is 11.1 Å². The van der Waals surface area contributed by atoms with Crippen LogP contribution in [0.4, 0.5) is 0 Å². The van der Waals surface area contributed by atoms with Gasteiger partial charge in [-0.15, -0.1) is 0 Å². The van der Waals surface area contributed by atoms with Gasteiger partial charge in [0.25, 0.3) is 0 Å². The van der Waals surface area contributed by atoms with Crippen LogP contribution >= 0.6 is 11.6 Å². The largest absolute Gasteiger partial charge is 0.480 e. The van der Waals surface area contributed by atoms with E-state index >= 15 is 0 Å². The summed E-state index contributed by atoms with van der Waals surface area (Å²) in [6, 6.07) is -0.546. The minimum atomic E-state index is -0.841. The monoisotopic (exact) mass is 219 g/mol. The molecule has 0 saturated carbocycles. The van der Waals surface area contributed by atoms with Gasteiger partial charge in [-0.05, 0) is 12.5 Å². The second kappa shape index (κ2) is 5.34. The van der Waals surface area contributed by atoms with Gasteiger partial charge in [-0.1, -0.05) is 11.6 Å². The van der Waals surface area contributed by atoms with Crippen molar-refractivity contribution in [2.45, 2.75) is 13.0 Å². The number of hydrogen-bond acceptors (Lipinski definition) is 3. The van der Waals surface area contributed by atoms with Crippen LogP contribution in [-0.4, -0.2) is 48.3 Å². The molecule has 1 N–H and O–H groups in total. The standard InChI is InChI=1S/C9H14ClNO3/c1-7(4-10)5-11-2-3-14-6-8(11)9(12)13/h4,8H,2-3,5-6H2,1H3,(H,12,13). The van der Waals surface area contributed by atoms with Crippen LogP contribution in [0.5, 0.6) is 0 Å². The highest BCUT2D eigenvalue weighted by Crippen LogP contribution is 2.10. The van der Waals surface area contributed by atoms with Crippen LogP contribution in [0.25, 0.3) is 0 Å². The van der Waals surface area contributed by atoms with Crippen molar-refractivity contribution in [1.82, 2.24) is 4.90 Å². The number of carboxylic acids is 1. The SMILES string of the molecule is CC(=CCl)CN1CCOCC1C(=O)O. The Morgan fingerprint density at radius 3 is 3.07 bits per heavy atom. The molecule has 1 aliphatic heterocycles. The zero-order valence-corrected chi connectivity index (χ0v) is 8.83. The normalized spacial score (nSPS) is 25.0. The van der Waals surface area contributed by atoms with Crippen LogP contribution < -0.4 is 0 Å². The lowest BCUT2D eigenvalue weighted by atomic mass is 10.2. The van der Waals surface area contributed by atoms with E-state index in [4.69, 9.17) is 21.4 Å². The molecule has 1 fully saturated rings. The third-order valence-corrected chi connectivity index (χ3v) is 2.54. The summed E-state index contributed by atoms with van der Waals surface area (Å²) in [6.07, 6.45) is 0. The Morgan fingerprint density at radius 1 is 1.79 bits per heavy atom. The molecule has 1 saturated heterocycles. The van der Waals surface area contributed by atoms with E-state index in [9.17, 15) is 4.79 Å². The van der Waals surface area contributed by atoms with E-state index in [1.165, 1.54) is 5.54 Å². The van der Waals surface area contributed by atoms with Gasteiger partial charge < -0.3 is 9.84 Å². The first-order valence-electron chi connectivity index (χ1n) is 4.45. The Morgan fingerprint density at radius 2 is 2.50 bits per heavy atom. The molecule has 1 atom stereocenters. The molecular formula is C9H14ClNO3. The summed E-state index contributed by atoms with van der Waals surface area (Å²) >= 11 is 5.53. The first-order valence-corrected chi connectivity index (χ1v) is 4.89. The molecule has 0 aromatic heterocycles. The topological polar surface area (TPSA) is 49.8 Å². The molecule has 4 nitrogen and oxygen atoms in total. The van der Waals surface area contributed by atoms with Crippen LogP contribution in [0.1, 0.15) is 6.92 Å². The number of carbonyl (C=O) groups is 1. The summed E-state index contributed by atoms with van der Waals surface area (Å²) in [5.74, 6) is -0.841. The highest BCUT2D eigenvalue weighted by molar-refractivity contribution is 6.25. The average molecular weight is 220 g/mol. The summed E-state index contributed by atoms with van der Waals surface area (Å²) in [6.45, 7) is 3.94. The van der Waals surface area contributed by atoms with Crippen molar-refractivity contribution in [1.29, 1.82) is 0 Å². The maximum absolute atomic E-state index is 10.9. The number of rotatable bonds is 3. The van der Waals surface area contributed by atoms with E-state index in [-0.39, 0.29) is 6.61 Å². The maximum atomic E-state index is 10.9. The van der Waals surface area contributed by atoms with Crippen molar-refractivity contribution in [3.8, 4) is 0 Å². The lowest BCUT2D eigenvalue weighted by molar-refractivity contribution is -0.149. The molecule has 1 aliphatic rings. The summed E-state index contributed by atoms with van der Waals surface area (Å²) in [4.78, 5) is 12.7. The molecule has 0 bridgehead atoms. The highest BCUT2D eigenvalue weighted by atomic mass is 35.5. The van der Waals surface area contributed by atoms with E-state index in [1.54, 1.807) is 0 Å². The van der Waals surface area contributed by atoms with Gasteiger partial charge in [0.1, 0.15) is 6.04 Å². The molecule has 1 unspecified atom stereocenters. The van der Waals surface area contributed by atoms with Gasteiger partial charge in [0.2, 0.25) is 0 Å². The smallest absolute Gasteiger partial charge is 0.323 e. The molecule has 0 radical (unpaired) electrons. The van der Waals surface area contributed by atoms with Gasteiger partial charge in [-0.2, -0.15) is 0 Å². The molecule has 0 amide bonds. The Kier molecular flexibility index (Phi) is 4.38. The molecular weight excluding hydrogens is 206 g/mol. The Balaban J connectivity index is 2.58. The van der Waals surface area contributed by atoms with E-state index < -0.39 is 12.0 Å². The molecule has 1 rings (SSSR count). The predicted octanol–water partition coefficient (Wildman–Crippen LogP) is 0.914. The summed E-state index contributed by atoms with van der Waals surface area (Å²) in [5, 5.41) is 8.92. The highest BCUT2D eigenvalue weighted by Gasteiger charge is 2.28. The second-order valence-corrected chi connectivity index (χ2v) is 3.57. The van der Waals surface area contributed by atoms with Gasteiger partial charge in [0.15, 0.2) is 0 Å². The van der Waals surface area contributed by atoms with Crippen molar-refractivity contribution >= 4 is 17.6 Å². The minimum absolute atomic E-state index is 0.255. The van der Waals surface area contributed by atoms with E-state index in [0.29, 0.717) is 19.7 Å². The molecule has 0 aromatic rings. The number of ether oxygens (including phenoxy) is 1. The van der Waals surface area contributed by atoms with Gasteiger partial charge in [0.05, 0.1) is 13.2 Å². The first kappa shape index (κ1) is 11.5. The fraction of sp³-hybridized carbons (Fsp3) is 0.667. The Labute approximate surface area is 88.1 Å². The number of nitrogens with zero attached hydrogens (tertiary/aromatic N) is 1. The number of carboxylic acid groups (broad SMARTS) is 1. The number of halogens is 1. The van der Waals surface area contributed by atoms with Crippen LogP contribution in [0, 0.1) is 0 Å². The molecule has 14 heavy (non-hydrogen) atoms. The average Bonchev–Trinajstić information content (AvgIpc) is 2.18. The molecule has 0 aromatic carbocycles. The molecule has 5 heteroatoms. The van der Waals surface area contributed by atoms with Crippen LogP contribution in [-0.2, 0) is 9.53 Å². The third kappa shape index (κ3) is 2.97. The van der Waals surface area contributed by atoms with Crippen LogP contribution in [0.2, 0.25) is 0 Å². The quantitative estimate of drug-likeness (QED) is 0.767. The van der Waals surface area contributed by atoms with Crippen LogP contribution in [0.15, 0.2) is 11.1 Å². The van der Waals surface area contributed by atoms with Crippen molar-refractivity contribution in [3.63, 3.8) is 0 Å². The van der Waals surface area contributed by atoms with Gasteiger partial charge in [0, 0.05) is 18.6 Å². The number of morpholine rings is 1. The van der Waals surface area contributed by atoms with E-state index in [0.717, 1.165) is 5.57 Å². The zero-order chi connectivity index (χ0) is 10.6. The minimum Gasteiger partial charge on any atom is -0.480 e. The molecule has 1 heterocycles. The van der Waals surface area contributed by atoms with E-state index in [1.807, 2.05) is 11.8 Å².